The molecule has 1 saturated heterocycles. The Kier molecular flexibility index (Phi) is 2.18. The van der Waals surface area contributed by atoms with E-state index in [-0.39, 0.29) is 5.97 Å². The maximum atomic E-state index is 10.8. The van der Waals surface area contributed by atoms with E-state index in [0.717, 1.165) is 0 Å². The molecule has 11 heavy (non-hydrogen) atoms. The first kappa shape index (κ1) is 8.53. The quantitative estimate of drug-likeness (QED) is 0.606. The molecule has 1 N–H and O–H groups in total. The fourth-order valence-corrected chi connectivity index (χ4v) is 1.48. The molecule has 0 amide bonds. The van der Waals surface area contributed by atoms with E-state index in [1.807, 2.05) is 6.92 Å². The van der Waals surface area contributed by atoms with Gasteiger partial charge in [-0.2, -0.15) is 0 Å². The zero-order valence-electron chi connectivity index (χ0n) is 6.96. The number of carbonyl (C=O) groups is 1. The largest absolute Gasteiger partial charge is 0.456 e. The van der Waals surface area contributed by atoms with Crippen molar-refractivity contribution in [1.82, 2.24) is 0 Å². The third-order valence-electron chi connectivity index (χ3n) is 2.43. The maximum Gasteiger partial charge on any atom is 0.306 e. The van der Waals surface area contributed by atoms with E-state index in [1.54, 1.807) is 6.92 Å². The summed E-state index contributed by atoms with van der Waals surface area (Å²) in [6.45, 7) is 3.59. The van der Waals surface area contributed by atoms with E-state index in [0.29, 0.717) is 19.3 Å². The van der Waals surface area contributed by atoms with E-state index >= 15 is 0 Å². The SMILES string of the molecule is CCC1(C(C)O)CCC(=O)O1. The van der Waals surface area contributed by atoms with Gasteiger partial charge in [0, 0.05) is 12.8 Å². The minimum atomic E-state index is -0.586. The number of aliphatic hydroxyl groups excluding tert-OH is 1. The second-order valence-corrected chi connectivity index (χ2v) is 3.07. The van der Waals surface area contributed by atoms with Crippen molar-refractivity contribution in [1.29, 1.82) is 0 Å². The topological polar surface area (TPSA) is 46.5 Å². The average molecular weight is 158 g/mol. The standard InChI is InChI=1S/C8H14O3/c1-3-8(6(2)9)5-4-7(10)11-8/h6,9H,3-5H2,1-2H3. The molecule has 0 radical (unpaired) electrons. The minimum absolute atomic E-state index is 0.187. The van der Waals surface area contributed by atoms with Crippen molar-refractivity contribution in [3.05, 3.63) is 0 Å². The predicted octanol–water partition coefficient (Wildman–Crippen LogP) is 0.853. The van der Waals surface area contributed by atoms with Crippen molar-refractivity contribution in [2.45, 2.75) is 44.8 Å². The van der Waals surface area contributed by atoms with Crippen molar-refractivity contribution < 1.29 is 14.6 Å². The van der Waals surface area contributed by atoms with E-state index in [9.17, 15) is 9.90 Å². The van der Waals surface area contributed by atoms with Gasteiger partial charge in [0.25, 0.3) is 0 Å². The molecule has 0 aromatic heterocycles. The van der Waals surface area contributed by atoms with Gasteiger partial charge in [-0.1, -0.05) is 6.92 Å². The lowest BCUT2D eigenvalue weighted by molar-refractivity contribution is -0.157. The molecule has 3 nitrogen and oxygen atoms in total. The molecule has 64 valence electrons. The van der Waals surface area contributed by atoms with Crippen molar-refractivity contribution in [3.63, 3.8) is 0 Å². The molecule has 3 heteroatoms. The molecule has 1 aliphatic heterocycles. The monoisotopic (exact) mass is 158 g/mol. The predicted molar refractivity (Wildman–Crippen MR) is 40.0 cm³/mol. The first-order valence-electron chi connectivity index (χ1n) is 4.00. The number of esters is 1. The number of hydrogen-bond acceptors (Lipinski definition) is 3. The summed E-state index contributed by atoms with van der Waals surface area (Å²) in [6, 6.07) is 0. The Morgan fingerprint density at radius 2 is 2.45 bits per heavy atom. The summed E-state index contributed by atoms with van der Waals surface area (Å²) in [5, 5.41) is 9.34. The number of carbonyl (C=O) groups excluding carboxylic acids is 1. The molecule has 0 aromatic carbocycles. The van der Waals surface area contributed by atoms with E-state index in [4.69, 9.17) is 4.74 Å². The third-order valence-corrected chi connectivity index (χ3v) is 2.43. The minimum Gasteiger partial charge on any atom is -0.456 e. The van der Waals surface area contributed by atoms with E-state index < -0.39 is 11.7 Å². The van der Waals surface area contributed by atoms with Gasteiger partial charge in [-0.15, -0.1) is 0 Å². The highest BCUT2D eigenvalue weighted by atomic mass is 16.6. The zero-order valence-corrected chi connectivity index (χ0v) is 6.96. The van der Waals surface area contributed by atoms with Gasteiger partial charge in [-0.3, -0.25) is 4.79 Å². The molecule has 0 aromatic rings. The molecule has 0 bridgehead atoms. The maximum absolute atomic E-state index is 10.8. The van der Waals surface area contributed by atoms with Crippen molar-refractivity contribution >= 4 is 5.97 Å². The third kappa shape index (κ3) is 1.38. The number of cyclic esters (lactones) is 1. The van der Waals surface area contributed by atoms with Gasteiger partial charge in [0.2, 0.25) is 0 Å². The van der Waals surface area contributed by atoms with Crippen molar-refractivity contribution in [2.75, 3.05) is 0 Å². The Labute approximate surface area is 66.4 Å². The van der Waals surface area contributed by atoms with E-state index in [1.165, 1.54) is 0 Å². The van der Waals surface area contributed by atoms with Crippen LogP contribution in [0.3, 0.4) is 0 Å². The molecule has 1 rings (SSSR count). The van der Waals surface area contributed by atoms with Crippen LogP contribution >= 0.6 is 0 Å². The van der Waals surface area contributed by atoms with Gasteiger partial charge in [0.1, 0.15) is 5.60 Å². The van der Waals surface area contributed by atoms with Crippen LogP contribution in [0, 0.1) is 0 Å². The lowest BCUT2D eigenvalue weighted by Crippen LogP contribution is -2.39. The highest BCUT2D eigenvalue weighted by Gasteiger charge is 2.42. The smallest absolute Gasteiger partial charge is 0.306 e. The van der Waals surface area contributed by atoms with Gasteiger partial charge < -0.3 is 9.84 Å². The molecule has 1 fully saturated rings. The summed E-state index contributed by atoms with van der Waals surface area (Å²) < 4.78 is 5.07. The number of ether oxygens (including phenoxy) is 1. The summed E-state index contributed by atoms with van der Waals surface area (Å²) in [7, 11) is 0. The van der Waals surface area contributed by atoms with Crippen molar-refractivity contribution in [2.24, 2.45) is 0 Å². The molecular weight excluding hydrogens is 144 g/mol. The van der Waals surface area contributed by atoms with Crippen molar-refractivity contribution in [3.8, 4) is 0 Å². The summed E-state index contributed by atoms with van der Waals surface area (Å²) in [5.74, 6) is -0.187. The summed E-state index contributed by atoms with van der Waals surface area (Å²) in [5.41, 5.74) is -0.586. The molecule has 2 atom stereocenters. The Bertz CT molecular complexity index is 165. The fourth-order valence-electron chi connectivity index (χ4n) is 1.48. The second-order valence-electron chi connectivity index (χ2n) is 3.07. The molecule has 0 aliphatic carbocycles. The summed E-state index contributed by atoms with van der Waals surface area (Å²) in [4.78, 5) is 10.8. The van der Waals surface area contributed by atoms with E-state index in [2.05, 4.69) is 0 Å². The lowest BCUT2D eigenvalue weighted by atomic mass is 9.91. The number of aliphatic hydroxyl groups is 1. The van der Waals surface area contributed by atoms with Crippen LogP contribution in [0.2, 0.25) is 0 Å². The van der Waals surface area contributed by atoms with Gasteiger partial charge in [-0.05, 0) is 13.3 Å². The highest BCUT2D eigenvalue weighted by molar-refractivity contribution is 5.72. The average Bonchev–Trinajstić information content (AvgIpc) is 2.33. The van der Waals surface area contributed by atoms with Crippen LogP contribution in [0.1, 0.15) is 33.1 Å². The van der Waals surface area contributed by atoms with Crippen LogP contribution < -0.4 is 0 Å². The van der Waals surface area contributed by atoms with Gasteiger partial charge in [0.05, 0.1) is 6.10 Å². The molecule has 0 spiro atoms. The van der Waals surface area contributed by atoms with Crippen LogP contribution in [-0.4, -0.2) is 22.8 Å². The van der Waals surface area contributed by atoms with Crippen LogP contribution in [-0.2, 0) is 9.53 Å². The van der Waals surface area contributed by atoms with Gasteiger partial charge in [-0.25, -0.2) is 0 Å². The summed E-state index contributed by atoms with van der Waals surface area (Å²) >= 11 is 0. The Hall–Kier alpha value is -0.570. The number of rotatable bonds is 2. The number of hydrogen-bond donors (Lipinski definition) is 1. The summed E-state index contributed by atoms with van der Waals surface area (Å²) in [6.07, 6.45) is 1.23. The van der Waals surface area contributed by atoms with Crippen LogP contribution in [0.15, 0.2) is 0 Å². The molecule has 1 aliphatic rings. The lowest BCUT2D eigenvalue weighted by Gasteiger charge is -2.28. The second kappa shape index (κ2) is 2.81. The van der Waals surface area contributed by atoms with Gasteiger partial charge in [0.15, 0.2) is 0 Å². The van der Waals surface area contributed by atoms with Crippen LogP contribution in [0.5, 0.6) is 0 Å². The van der Waals surface area contributed by atoms with Gasteiger partial charge >= 0.3 is 5.97 Å². The highest BCUT2D eigenvalue weighted by Crippen LogP contribution is 2.32. The molecular formula is C8H14O3. The molecule has 0 saturated carbocycles. The first-order chi connectivity index (χ1) is 5.10. The Balaban J connectivity index is 2.70. The zero-order chi connectivity index (χ0) is 8.48. The molecule has 2 unspecified atom stereocenters. The fraction of sp³-hybridized carbons (Fsp3) is 0.875. The van der Waals surface area contributed by atoms with Crippen LogP contribution in [0.4, 0.5) is 0 Å². The van der Waals surface area contributed by atoms with Crippen LogP contribution in [0.25, 0.3) is 0 Å². The Morgan fingerprint density at radius 3 is 2.64 bits per heavy atom. The normalized spacial score (nSPS) is 33.5. The first-order valence-corrected chi connectivity index (χ1v) is 4.00. The molecule has 1 heterocycles. The Morgan fingerprint density at radius 1 is 1.82 bits per heavy atom.